The fraction of sp³-hybridized carbons (Fsp3) is 0.333. The molecule has 1 atom stereocenters. The van der Waals surface area contributed by atoms with Crippen molar-refractivity contribution in [3.05, 3.63) is 54.3 Å². The molecule has 2 aromatic rings. The second-order valence-corrected chi connectivity index (χ2v) is 6.69. The molecular formula is C21H23FN2O3. The number of hydrogen-bond donors (Lipinski definition) is 1. The molecule has 5 nitrogen and oxygen atoms in total. The van der Waals surface area contributed by atoms with E-state index in [4.69, 9.17) is 4.74 Å². The molecule has 142 valence electrons. The molecule has 27 heavy (non-hydrogen) atoms. The first-order chi connectivity index (χ1) is 13.1. The lowest BCUT2D eigenvalue weighted by Crippen LogP contribution is -2.45. The molecule has 1 N–H and O–H groups in total. The number of rotatable bonds is 5. The zero-order valence-electron chi connectivity index (χ0n) is 15.3. The number of benzene rings is 2. The number of hydrogen-bond acceptors (Lipinski definition) is 3. The quantitative estimate of drug-likeness (QED) is 0.878. The smallest absolute Gasteiger partial charge is 0.248 e. The Morgan fingerprint density at radius 2 is 1.96 bits per heavy atom. The van der Waals surface area contributed by atoms with Crippen LogP contribution in [0.25, 0.3) is 11.1 Å². The maximum atomic E-state index is 13.4. The maximum absolute atomic E-state index is 13.4. The largest absolute Gasteiger partial charge is 0.375 e. The standard InChI is InChI=1S/C21H23FN2O3/c1-27-14-20(25)24-11-3-5-17(13-24)21(26)23-19-9-7-15(8-10-19)16-4-2-6-18(22)12-16/h2,4,6-10,12,17H,3,5,11,13-14H2,1H3,(H,23,26). The van der Waals surface area contributed by atoms with Crippen molar-refractivity contribution >= 4 is 17.5 Å². The van der Waals surface area contributed by atoms with E-state index in [2.05, 4.69) is 5.32 Å². The van der Waals surface area contributed by atoms with Gasteiger partial charge in [-0.25, -0.2) is 4.39 Å². The van der Waals surface area contributed by atoms with Gasteiger partial charge in [-0.2, -0.15) is 0 Å². The van der Waals surface area contributed by atoms with E-state index >= 15 is 0 Å². The highest BCUT2D eigenvalue weighted by atomic mass is 19.1. The molecule has 0 aliphatic carbocycles. The zero-order valence-corrected chi connectivity index (χ0v) is 15.3. The van der Waals surface area contributed by atoms with Crippen molar-refractivity contribution in [2.24, 2.45) is 5.92 Å². The number of methoxy groups -OCH3 is 1. The lowest BCUT2D eigenvalue weighted by molar-refractivity contribution is -0.138. The van der Waals surface area contributed by atoms with Gasteiger partial charge in [-0.3, -0.25) is 9.59 Å². The Bertz CT molecular complexity index is 807. The maximum Gasteiger partial charge on any atom is 0.248 e. The summed E-state index contributed by atoms with van der Waals surface area (Å²) in [4.78, 5) is 26.2. The number of ether oxygens (including phenoxy) is 1. The van der Waals surface area contributed by atoms with Crippen molar-refractivity contribution in [1.29, 1.82) is 0 Å². The van der Waals surface area contributed by atoms with E-state index in [-0.39, 0.29) is 30.2 Å². The number of nitrogens with one attached hydrogen (secondary N) is 1. The van der Waals surface area contributed by atoms with Gasteiger partial charge in [-0.05, 0) is 48.2 Å². The second-order valence-electron chi connectivity index (χ2n) is 6.69. The Kier molecular flexibility index (Phi) is 6.19. The van der Waals surface area contributed by atoms with E-state index in [0.717, 1.165) is 24.0 Å². The predicted octanol–water partition coefficient (Wildman–Crippen LogP) is 3.32. The molecule has 3 rings (SSSR count). The summed E-state index contributed by atoms with van der Waals surface area (Å²) >= 11 is 0. The van der Waals surface area contributed by atoms with Gasteiger partial charge in [0.25, 0.3) is 0 Å². The van der Waals surface area contributed by atoms with Crippen LogP contribution in [0.15, 0.2) is 48.5 Å². The molecule has 0 aromatic heterocycles. The highest BCUT2D eigenvalue weighted by Crippen LogP contribution is 2.23. The van der Waals surface area contributed by atoms with Crippen LogP contribution >= 0.6 is 0 Å². The normalized spacial score (nSPS) is 16.8. The Hall–Kier alpha value is -2.73. The Balaban J connectivity index is 1.61. The summed E-state index contributed by atoms with van der Waals surface area (Å²) in [6, 6.07) is 13.7. The molecular weight excluding hydrogens is 347 g/mol. The number of amides is 2. The predicted molar refractivity (Wildman–Crippen MR) is 102 cm³/mol. The van der Waals surface area contributed by atoms with Crippen LogP contribution in [0.4, 0.5) is 10.1 Å². The lowest BCUT2D eigenvalue weighted by atomic mass is 9.97. The van der Waals surface area contributed by atoms with Gasteiger partial charge in [-0.1, -0.05) is 24.3 Å². The SMILES string of the molecule is COCC(=O)N1CCCC(C(=O)Nc2ccc(-c3cccc(F)c3)cc2)C1. The highest BCUT2D eigenvalue weighted by Gasteiger charge is 2.28. The van der Waals surface area contributed by atoms with E-state index in [1.165, 1.54) is 19.2 Å². The minimum atomic E-state index is -0.283. The summed E-state index contributed by atoms with van der Waals surface area (Å²) in [5, 5.41) is 2.91. The van der Waals surface area contributed by atoms with Crippen LogP contribution in [-0.4, -0.2) is 43.5 Å². The van der Waals surface area contributed by atoms with Gasteiger partial charge in [0.05, 0.1) is 5.92 Å². The van der Waals surface area contributed by atoms with Gasteiger partial charge in [0.15, 0.2) is 0 Å². The summed E-state index contributed by atoms with van der Waals surface area (Å²) in [5.41, 5.74) is 2.34. The number of likely N-dealkylation sites (tertiary alicyclic amines) is 1. The van der Waals surface area contributed by atoms with Gasteiger partial charge in [-0.15, -0.1) is 0 Å². The monoisotopic (exact) mass is 370 g/mol. The van der Waals surface area contributed by atoms with Crippen LogP contribution in [0.1, 0.15) is 12.8 Å². The molecule has 0 saturated carbocycles. The van der Waals surface area contributed by atoms with E-state index in [1.54, 1.807) is 23.1 Å². The van der Waals surface area contributed by atoms with Crippen molar-refractivity contribution in [1.82, 2.24) is 4.90 Å². The number of carbonyl (C=O) groups is 2. The van der Waals surface area contributed by atoms with Crippen LogP contribution in [0.3, 0.4) is 0 Å². The minimum absolute atomic E-state index is 0.0376. The molecule has 1 heterocycles. The average molecular weight is 370 g/mol. The van der Waals surface area contributed by atoms with Crippen LogP contribution < -0.4 is 5.32 Å². The molecule has 0 bridgehead atoms. The third kappa shape index (κ3) is 4.92. The van der Waals surface area contributed by atoms with Gasteiger partial charge in [0.1, 0.15) is 12.4 Å². The molecule has 1 saturated heterocycles. The zero-order chi connectivity index (χ0) is 19.2. The first-order valence-electron chi connectivity index (χ1n) is 9.00. The first-order valence-corrected chi connectivity index (χ1v) is 9.00. The van der Waals surface area contributed by atoms with Gasteiger partial charge >= 0.3 is 0 Å². The summed E-state index contributed by atoms with van der Waals surface area (Å²) in [7, 11) is 1.49. The Morgan fingerprint density at radius 3 is 2.67 bits per heavy atom. The number of anilines is 1. The summed E-state index contributed by atoms with van der Waals surface area (Å²) in [5.74, 6) is -0.699. The Morgan fingerprint density at radius 1 is 1.19 bits per heavy atom. The minimum Gasteiger partial charge on any atom is -0.375 e. The van der Waals surface area contributed by atoms with Gasteiger partial charge in [0, 0.05) is 25.9 Å². The summed E-state index contributed by atoms with van der Waals surface area (Å²) in [6.07, 6.45) is 1.55. The van der Waals surface area contributed by atoms with Crippen molar-refractivity contribution < 1.29 is 18.7 Å². The third-order valence-corrected chi connectivity index (χ3v) is 4.72. The van der Waals surface area contributed by atoms with E-state index in [9.17, 15) is 14.0 Å². The number of nitrogens with zero attached hydrogens (tertiary/aromatic N) is 1. The van der Waals surface area contributed by atoms with Crippen molar-refractivity contribution in [3.8, 4) is 11.1 Å². The van der Waals surface area contributed by atoms with Crippen molar-refractivity contribution in [2.45, 2.75) is 12.8 Å². The van der Waals surface area contributed by atoms with E-state index in [1.807, 2.05) is 18.2 Å². The fourth-order valence-electron chi connectivity index (χ4n) is 3.29. The highest BCUT2D eigenvalue weighted by molar-refractivity contribution is 5.93. The fourth-order valence-corrected chi connectivity index (χ4v) is 3.29. The molecule has 1 aliphatic rings. The summed E-state index contributed by atoms with van der Waals surface area (Å²) < 4.78 is 18.2. The molecule has 2 amide bonds. The van der Waals surface area contributed by atoms with Crippen molar-refractivity contribution in [2.75, 3.05) is 32.1 Å². The molecule has 6 heteroatoms. The molecule has 0 spiro atoms. The van der Waals surface area contributed by atoms with E-state index in [0.29, 0.717) is 18.8 Å². The molecule has 1 aliphatic heterocycles. The van der Waals surface area contributed by atoms with Gasteiger partial charge < -0.3 is 15.0 Å². The van der Waals surface area contributed by atoms with Crippen LogP contribution in [-0.2, 0) is 14.3 Å². The van der Waals surface area contributed by atoms with Crippen LogP contribution in [0.5, 0.6) is 0 Å². The number of carbonyl (C=O) groups excluding carboxylic acids is 2. The van der Waals surface area contributed by atoms with Crippen LogP contribution in [0, 0.1) is 11.7 Å². The molecule has 2 aromatic carbocycles. The summed E-state index contributed by atoms with van der Waals surface area (Å²) in [6.45, 7) is 1.11. The van der Waals surface area contributed by atoms with Gasteiger partial charge in [0.2, 0.25) is 11.8 Å². The average Bonchev–Trinajstić information content (AvgIpc) is 2.69. The lowest BCUT2D eigenvalue weighted by Gasteiger charge is -2.31. The first kappa shape index (κ1) is 19.0. The molecule has 1 fully saturated rings. The third-order valence-electron chi connectivity index (χ3n) is 4.72. The Labute approximate surface area is 158 Å². The molecule has 0 radical (unpaired) electrons. The van der Waals surface area contributed by atoms with Crippen molar-refractivity contribution in [3.63, 3.8) is 0 Å². The van der Waals surface area contributed by atoms with E-state index < -0.39 is 0 Å². The number of piperidine rings is 1. The molecule has 1 unspecified atom stereocenters. The van der Waals surface area contributed by atoms with Crippen LogP contribution in [0.2, 0.25) is 0 Å². The second kappa shape index (κ2) is 8.77. The number of halogens is 1. The topological polar surface area (TPSA) is 58.6 Å².